The van der Waals surface area contributed by atoms with Crippen LogP contribution in [0, 0.1) is 5.92 Å². The zero-order chi connectivity index (χ0) is 23.5. The van der Waals surface area contributed by atoms with Crippen molar-refractivity contribution in [2.45, 2.75) is 32.7 Å². The Morgan fingerprint density at radius 3 is 2.31 bits per heavy atom. The molecule has 0 aliphatic carbocycles. The fourth-order valence-corrected chi connectivity index (χ4v) is 4.92. The Balaban J connectivity index is 1.65. The SMILES string of the molecule is CC1CCN(c2ccc(C(C)NC(=O)CN(c3ccc(Cl)c(Cl)c3)S(C)(=O)=O)cc2)CC1. The summed E-state index contributed by atoms with van der Waals surface area (Å²) in [5.41, 5.74) is 2.42. The fraction of sp³-hybridized carbons (Fsp3) is 0.435. The predicted molar refractivity (Wildman–Crippen MR) is 132 cm³/mol. The number of carbonyl (C=O) groups excluding carboxylic acids is 1. The van der Waals surface area contributed by atoms with Gasteiger partial charge in [0.15, 0.2) is 0 Å². The first-order valence-electron chi connectivity index (χ1n) is 10.6. The van der Waals surface area contributed by atoms with E-state index in [9.17, 15) is 13.2 Å². The second-order valence-corrected chi connectivity index (χ2v) is 11.1. The summed E-state index contributed by atoms with van der Waals surface area (Å²) in [5, 5.41) is 3.41. The third-order valence-electron chi connectivity index (χ3n) is 5.80. The summed E-state index contributed by atoms with van der Waals surface area (Å²) in [6.07, 6.45) is 3.44. The Labute approximate surface area is 200 Å². The normalized spacial score (nSPS) is 16.0. The Morgan fingerprint density at radius 1 is 1.12 bits per heavy atom. The van der Waals surface area contributed by atoms with Gasteiger partial charge in [-0.2, -0.15) is 0 Å². The summed E-state index contributed by atoms with van der Waals surface area (Å²) in [5.74, 6) is 0.360. The number of hydrogen-bond donors (Lipinski definition) is 1. The fourth-order valence-electron chi connectivity index (χ4n) is 3.78. The summed E-state index contributed by atoms with van der Waals surface area (Å²) in [7, 11) is -3.70. The van der Waals surface area contributed by atoms with Crippen LogP contribution in [0.15, 0.2) is 42.5 Å². The lowest BCUT2D eigenvalue weighted by molar-refractivity contribution is -0.120. The van der Waals surface area contributed by atoms with Crippen molar-refractivity contribution < 1.29 is 13.2 Å². The van der Waals surface area contributed by atoms with Crippen molar-refractivity contribution in [2.75, 3.05) is 35.1 Å². The highest BCUT2D eigenvalue weighted by Gasteiger charge is 2.23. The molecule has 0 saturated carbocycles. The number of halogens is 2. The summed E-state index contributed by atoms with van der Waals surface area (Å²) in [4.78, 5) is 15.1. The predicted octanol–water partition coefficient (Wildman–Crippen LogP) is 4.87. The minimum absolute atomic E-state index is 0.217. The molecule has 1 fully saturated rings. The number of anilines is 2. The number of carbonyl (C=O) groups is 1. The van der Waals surface area contributed by atoms with Crippen molar-refractivity contribution in [3.05, 3.63) is 58.1 Å². The molecule has 1 amide bonds. The van der Waals surface area contributed by atoms with E-state index in [0.717, 1.165) is 35.1 Å². The van der Waals surface area contributed by atoms with Gasteiger partial charge in [-0.05, 0) is 61.6 Å². The topological polar surface area (TPSA) is 69.7 Å². The van der Waals surface area contributed by atoms with Crippen LogP contribution in [0.25, 0.3) is 0 Å². The van der Waals surface area contributed by atoms with Crippen LogP contribution in [0.3, 0.4) is 0 Å². The van der Waals surface area contributed by atoms with Crippen LogP contribution in [-0.2, 0) is 14.8 Å². The molecule has 1 aliphatic heterocycles. The summed E-state index contributed by atoms with van der Waals surface area (Å²) in [6.45, 7) is 5.92. The van der Waals surface area contributed by atoms with Gasteiger partial charge < -0.3 is 10.2 Å². The van der Waals surface area contributed by atoms with Crippen molar-refractivity contribution in [1.29, 1.82) is 0 Å². The molecule has 2 aromatic carbocycles. The van der Waals surface area contributed by atoms with Gasteiger partial charge in [0.1, 0.15) is 6.54 Å². The van der Waals surface area contributed by atoms with Crippen LogP contribution in [0.2, 0.25) is 10.0 Å². The third kappa shape index (κ3) is 6.30. The molecule has 1 heterocycles. The molecular formula is C23H29Cl2N3O3S. The van der Waals surface area contributed by atoms with E-state index in [1.165, 1.54) is 36.7 Å². The molecule has 1 N–H and O–H groups in total. The van der Waals surface area contributed by atoms with Crippen LogP contribution in [0.4, 0.5) is 11.4 Å². The van der Waals surface area contributed by atoms with Crippen molar-refractivity contribution in [3.8, 4) is 0 Å². The number of benzene rings is 2. The molecule has 0 bridgehead atoms. The number of sulfonamides is 1. The molecule has 1 aliphatic rings. The van der Waals surface area contributed by atoms with E-state index in [-0.39, 0.29) is 23.3 Å². The Kier molecular flexibility index (Phi) is 7.96. The minimum atomic E-state index is -3.70. The van der Waals surface area contributed by atoms with Gasteiger partial charge in [-0.25, -0.2) is 8.42 Å². The summed E-state index contributed by atoms with van der Waals surface area (Å²) in [6, 6.07) is 12.3. The van der Waals surface area contributed by atoms with Gasteiger partial charge in [0.05, 0.1) is 28.0 Å². The maximum Gasteiger partial charge on any atom is 0.241 e. The molecular weight excluding hydrogens is 469 g/mol. The number of rotatable bonds is 7. The van der Waals surface area contributed by atoms with E-state index in [4.69, 9.17) is 23.2 Å². The van der Waals surface area contributed by atoms with E-state index < -0.39 is 15.9 Å². The molecule has 0 aromatic heterocycles. The highest BCUT2D eigenvalue weighted by Crippen LogP contribution is 2.28. The van der Waals surface area contributed by atoms with Crippen molar-refractivity contribution >= 4 is 50.5 Å². The standard InChI is InChI=1S/C23H29Cl2N3O3S/c1-16-10-12-27(13-11-16)19-6-4-18(5-7-19)17(2)26-23(29)15-28(32(3,30)31)20-8-9-21(24)22(25)14-20/h4-9,14,16-17H,10-13,15H2,1-3H3,(H,26,29). The van der Waals surface area contributed by atoms with Crippen LogP contribution < -0.4 is 14.5 Å². The van der Waals surface area contributed by atoms with Crippen molar-refractivity contribution in [1.82, 2.24) is 5.32 Å². The zero-order valence-electron chi connectivity index (χ0n) is 18.5. The van der Waals surface area contributed by atoms with Gasteiger partial charge in [0, 0.05) is 18.8 Å². The second kappa shape index (κ2) is 10.3. The maximum atomic E-state index is 12.7. The molecule has 0 spiro atoms. The molecule has 174 valence electrons. The third-order valence-corrected chi connectivity index (χ3v) is 7.68. The molecule has 1 atom stereocenters. The minimum Gasteiger partial charge on any atom is -0.372 e. The lowest BCUT2D eigenvalue weighted by Crippen LogP contribution is -2.41. The van der Waals surface area contributed by atoms with Crippen LogP contribution in [0.5, 0.6) is 0 Å². The van der Waals surface area contributed by atoms with E-state index in [1.807, 2.05) is 19.1 Å². The lowest BCUT2D eigenvalue weighted by atomic mass is 9.98. The maximum absolute atomic E-state index is 12.7. The highest BCUT2D eigenvalue weighted by atomic mass is 35.5. The molecule has 32 heavy (non-hydrogen) atoms. The first-order chi connectivity index (χ1) is 15.0. The van der Waals surface area contributed by atoms with E-state index >= 15 is 0 Å². The number of amides is 1. The van der Waals surface area contributed by atoms with Crippen molar-refractivity contribution in [2.24, 2.45) is 5.92 Å². The van der Waals surface area contributed by atoms with Crippen LogP contribution >= 0.6 is 23.2 Å². The highest BCUT2D eigenvalue weighted by molar-refractivity contribution is 7.92. The van der Waals surface area contributed by atoms with Gasteiger partial charge in [-0.3, -0.25) is 9.10 Å². The number of nitrogens with zero attached hydrogens (tertiary/aromatic N) is 2. The molecule has 1 saturated heterocycles. The lowest BCUT2D eigenvalue weighted by Gasteiger charge is -2.32. The number of nitrogens with one attached hydrogen (secondary N) is 1. The van der Waals surface area contributed by atoms with Crippen LogP contribution in [-0.4, -0.2) is 40.2 Å². The average Bonchev–Trinajstić information content (AvgIpc) is 2.74. The van der Waals surface area contributed by atoms with Crippen LogP contribution in [0.1, 0.15) is 38.3 Å². The van der Waals surface area contributed by atoms with E-state index in [2.05, 4.69) is 29.3 Å². The van der Waals surface area contributed by atoms with E-state index in [0.29, 0.717) is 5.02 Å². The second-order valence-electron chi connectivity index (χ2n) is 8.42. The zero-order valence-corrected chi connectivity index (χ0v) is 20.8. The Bertz CT molecular complexity index is 1050. The first kappa shape index (κ1) is 24.7. The molecule has 0 radical (unpaired) electrons. The quantitative estimate of drug-likeness (QED) is 0.591. The molecule has 3 rings (SSSR count). The monoisotopic (exact) mass is 497 g/mol. The van der Waals surface area contributed by atoms with Crippen molar-refractivity contribution in [3.63, 3.8) is 0 Å². The molecule has 1 unspecified atom stereocenters. The number of hydrogen-bond acceptors (Lipinski definition) is 4. The van der Waals surface area contributed by atoms with Gasteiger partial charge >= 0.3 is 0 Å². The Hall–Kier alpha value is -1.96. The molecule has 6 nitrogen and oxygen atoms in total. The summed E-state index contributed by atoms with van der Waals surface area (Å²) >= 11 is 12.0. The number of piperidine rings is 1. The van der Waals surface area contributed by atoms with Gasteiger partial charge in [0.25, 0.3) is 0 Å². The van der Waals surface area contributed by atoms with Gasteiger partial charge in [-0.15, -0.1) is 0 Å². The first-order valence-corrected chi connectivity index (χ1v) is 13.2. The smallest absolute Gasteiger partial charge is 0.241 e. The molecule has 2 aromatic rings. The Morgan fingerprint density at radius 2 is 1.75 bits per heavy atom. The van der Waals surface area contributed by atoms with E-state index in [1.54, 1.807) is 0 Å². The average molecular weight is 498 g/mol. The summed E-state index contributed by atoms with van der Waals surface area (Å²) < 4.78 is 25.6. The largest absolute Gasteiger partial charge is 0.372 e. The van der Waals surface area contributed by atoms with Gasteiger partial charge in [0.2, 0.25) is 15.9 Å². The molecule has 9 heteroatoms. The van der Waals surface area contributed by atoms with Gasteiger partial charge in [-0.1, -0.05) is 42.3 Å².